The summed E-state index contributed by atoms with van der Waals surface area (Å²) < 4.78 is 6.07. The second-order valence-corrected chi connectivity index (χ2v) is 13.6. The first-order chi connectivity index (χ1) is 20.6. The van der Waals surface area contributed by atoms with Gasteiger partial charge in [0.25, 0.3) is 11.8 Å². The number of hydrazine groups is 1. The van der Waals surface area contributed by atoms with Crippen LogP contribution in [0.4, 0.5) is 17.1 Å². The van der Waals surface area contributed by atoms with E-state index in [0.29, 0.717) is 33.0 Å². The van der Waals surface area contributed by atoms with Gasteiger partial charge in [-0.05, 0) is 65.6 Å². The minimum absolute atomic E-state index is 0.0274. The third-order valence-electron chi connectivity index (χ3n) is 8.12. The van der Waals surface area contributed by atoms with Gasteiger partial charge in [0.15, 0.2) is 6.61 Å². The van der Waals surface area contributed by atoms with Crippen molar-refractivity contribution in [1.82, 2.24) is 5.43 Å². The monoisotopic (exact) mass is 676 g/mol. The number of carbonyl (C=O) groups is 2. The molecule has 1 aliphatic rings. The van der Waals surface area contributed by atoms with Gasteiger partial charge in [0.05, 0.1) is 27.2 Å². The Kier molecular flexibility index (Phi) is 10.5. The SMILES string of the molecule is CCC(C)(C)c1ccc(OCC(=O)Nc2ccc(Cl)c(N=C3CC(=O)N(c4c(Cl)cc(Cl)cc4Cl)N3)c2)c(C(C)(C)CC)c1. The smallest absolute Gasteiger partial charge is 0.262 e. The zero-order valence-corrected chi connectivity index (χ0v) is 28.6. The van der Waals surface area contributed by atoms with Gasteiger partial charge in [-0.25, -0.2) is 10.0 Å². The van der Waals surface area contributed by atoms with E-state index in [2.05, 4.69) is 69.4 Å². The summed E-state index contributed by atoms with van der Waals surface area (Å²) in [6.45, 7) is 13.0. The molecule has 7 nitrogen and oxygen atoms in total. The Balaban J connectivity index is 1.48. The number of benzene rings is 3. The van der Waals surface area contributed by atoms with Gasteiger partial charge in [0.1, 0.15) is 17.3 Å². The van der Waals surface area contributed by atoms with Crippen LogP contribution in [0.25, 0.3) is 0 Å². The highest BCUT2D eigenvalue weighted by Gasteiger charge is 2.31. The van der Waals surface area contributed by atoms with E-state index in [4.69, 9.17) is 51.1 Å². The van der Waals surface area contributed by atoms with Crippen molar-refractivity contribution < 1.29 is 14.3 Å². The fourth-order valence-electron chi connectivity index (χ4n) is 4.61. The van der Waals surface area contributed by atoms with Gasteiger partial charge in [0, 0.05) is 16.3 Å². The average Bonchev–Trinajstić information content (AvgIpc) is 3.31. The van der Waals surface area contributed by atoms with Gasteiger partial charge in [-0.2, -0.15) is 0 Å². The summed E-state index contributed by atoms with van der Waals surface area (Å²) in [5.74, 6) is 0.362. The fraction of sp³-hybridized carbons (Fsp3) is 0.364. The lowest BCUT2D eigenvalue weighted by Crippen LogP contribution is -2.36. The van der Waals surface area contributed by atoms with E-state index in [9.17, 15) is 9.59 Å². The normalized spacial score (nSPS) is 14.6. The number of nitrogens with zero attached hydrogens (tertiary/aromatic N) is 2. The van der Waals surface area contributed by atoms with Crippen molar-refractivity contribution in [2.45, 2.75) is 71.6 Å². The number of hydrogen-bond donors (Lipinski definition) is 2. The molecule has 1 aliphatic heterocycles. The molecular weight excluding hydrogens is 642 g/mol. The summed E-state index contributed by atoms with van der Waals surface area (Å²) in [6.07, 6.45) is 1.88. The maximum absolute atomic E-state index is 13.0. The summed E-state index contributed by atoms with van der Waals surface area (Å²) >= 11 is 25.0. The molecule has 1 heterocycles. The summed E-state index contributed by atoms with van der Waals surface area (Å²) in [7, 11) is 0. The number of amides is 2. The molecule has 11 heteroatoms. The second-order valence-electron chi connectivity index (χ2n) is 12.0. The number of halogens is 4. The lowest BCUT2D eigenvalue weighted by atomic mass is 9.76. The molecule has 4 rings (SSSR count). The van der Waals surface area contributed by atoms with Crippen LogP contribution in [-0.2, 0) is 20.4 Å². The predicted molar refractivity (Wildman–Crippen MR) is 182 cm³/mol. The number of hydrogen-bond acceptors (Lipinski definition) is 4. The molecule has 0 atom stereocenters. The molecule has 0 aliphatic carbocycles. The predicted octanol–water partition coefficient (Wildman–Crippen LogP) is 9.66. The molecule has 2 N–H and O–H groups in total. The van der Waals surface area contributed by atoms with E-state index >= 15 is 0 Å². The highest BCUT2D eigenvalue weighted by molar-refractivity contribution is 6.42. The zero-order chi connectivity index (χ0) is 32.4. The average molecular weight is 678 g/mol. The molecule has 0 radical (unpaired) electrons. The van der Waals surface area contributed by atoms with Crippen molar-refractivity contribution in [3.05, 3.63) is 79.7 Å². The van der Waals surface area contributed by atoms with E-state index < -0.39 is 0 Å². The second kappa shape index (κ2) is 13.6. The van der Waals surface area contributed by atoms with E-state index in [1.807, 2.05) is 6.07 Å². The molecule has 234 valence electrons. The van der Waals surface area contributed by atoms with Crippen molar-refractivity contribution in [3.63, 3.8) is 0 Å². The molecule has 0 unspecified atom stereocenters. The molecule has 0 spiro atoms. The Morgan fingerprint density at radius 3 is 2.23 bits per heavy atom. The minimum atomic E-state index is -0.337. The molecule has 1 saturated heterocycles. The van der Waals surface area contributed by atoms with Crippen molar-refractivity contribution in [2.75, 3.05) is 16.9 Å². The Bertz CT molecular complexity index is 1600. The van der Waals surface area contributed by atoms with Crippen LogP contribution in [0.2, 0.25) is 20.1 Å². The van der Waals surface area contributed by atoms with Gasteiger partial charge in [-0.1, -0.05) is 100 Å². The van der Waals surface area contributed by atoms with Crippen LogP contribution in [0.5, 0.6) is 5.75 Å². The van der Waals surface area contributed by atoms with Gasteiger partial charge >= 0.3 is 0 Å². The quantitative estimate of drug-likeness (QED) is 0.224. The van der Waals surface area contributed by atoms with Crippen LogP contribution < -0.4 is 20.5 Å². The highest BCUT2D eigenvalue weighted by atomic mass is 35.5. The van der Waals surface area contributed by atoms with E-state index in [-0.39, 0.29) is 51.4 Å². The van der Waals surface area contributed by atoms with Gasteiger partial charge in [-0.3, -0.25) is 15.0 Å². The van der Waals surface area contributed by atoms with Crippen LogP contribution in [0.3, 0.4) is 0 Å². The van der Waals surface area contributed by atoms with E-state index in [1.54, 1.807) is 18.2 Å². The van der Waals surface area contributed by atoms with Crippen molar-refractivity contribution >= 4 is 81.1 Å². The molecule has 0 bridgehead atoms. The topological polar surface area (TPSA) is 83.0 Å². The zero-order valence-electron chi connectivity index (χ0n) is 25.6. The van der Waals surface area contributed by atoms with Gasteiger partial charge in [0.2, 0.25) is 0 Å². The molecule has 44 heavy (non-hydrogen) atoms. The van der Waals surface area contributed by atoms with E-state index in [1.165, 1.54) is 22.7 Å². The number of rotatable bonds is 10. The third kappa shape index (κ3) is 7.63. The number of ether oxygens (including phenoxy) is 1. The maximum atomic E-state index is 13.0. The Hall–Kier alpha value is -2.97. The van der Waals surface area contributed by atoms with Crippen LogP contribution >= 0.6 is 46.4 Å². The first kappa shape index (κ1) is 33.9. The van der Waals surface area contributed by atoms with Gasteiger partial charge in [-0.15, -0.1) is 0 Å². The lowest BCUT2D eigenvalue weighted by molar-refractivity contribution is -0.118. The van der Waals surface area contributed by atoms with Crippen LogP contribution in [0.1, 0.15) is 71.9 Å². The van der Waals surface area contributed by atoms with Crippen LogP contribution in [0, 0.1) is 0 Å². The van der Waals surface area contributed by atoms with Gasteiger partial charge < -0.3 is 10.1 Å². The van der Waals surface area contributed by atoms with E-state index in [0.717, 1.165) is 18.4 Å². The first-order valence-electron chi connectivity index (χ1n) is 14.3. The molecule has 1 fully saturated rings. The molecule has 3 aromatic rings. The van der Waals surface area contributed by atoms with Crippen molar-refractivity contribution in [1.29, 1.82) is 0 Å². The summed E-state index contributed by atoms with van der Waals surface area (Å²) in [5, 5.41) is 5.17. The Labute approximate surface area is 278 Å². The molecule has 0 aromatic heterocycles. The summed E-state index contributed by atoms with van der Waals surface area (Å²) in [6, 6.07) is 14.2. The van der Waals surface area contributed by atoms with Crippen molar-refractivity contribution in [2.24, 2.45) is 4.99 Å². The van der Waals surface area contributed by atoms with Crippen LogP contribution in [-0.4, -0.2) is 24.3 Å². The molecule has 2 amide bonds. The number of aliphatic imine (C=N–C) groups is 1. The largest absolute Gasteiger partial charge is 0.483 e. The lowest BCUT2D eigenvalue weighted by Gasteiger charge is -2.30. The summed E-state index contributed by atoms with van der Waals surface area (Å²) in [5.41, 5.74) is 6.24. The van der Waals surface area contributed by atoms with Crippen LogP contribution in [0.15, 0.2) is 53.5 Å². The standard InChI is InChI=1S/C33H36Cl4N4O3/c1-7-32(3,4)19-9-12-27(22(13-19)33(5,6)8-2)44-18-29(42)38-21-10-11-23(35)26(16-21)39-28-17-30(43)41(40-28)31-24(36)14-20(34)15-25(31)37/h9-16H,7-8,17-18H2,1-6H3,(H,38,42)(H,39,40). The maximum Gasteiger partial charge on any atom is 0.262 e. The Morgan fingerprint density at radius 2 is 1.59 bits per heavy atom. The minimum Gasteiger partial charge on any atom is -0.483 e. The number of amidine groups is 1. The highest BCUT2D eigenvalue weighted by Crippen LogP contribution is 2.39. The first-order valence-corrected chi connectivity index (χ1v) is 15.8. The number of carbonyl (C=O) groups excluding carboxylic acids is 2. The fourth-order valence-corrected chi connectivity index (χ4v) is 5.75. The number of nitrogens with one attached hydrogen (secondary N) is 2. The molecule has 0 saturated carbocycles. The van der Waals surface area contributed by atoms with Crippen molar-refractivity contribution in [3.8, 4) is 5.75 Å². The molecule has 3 aromatic carbocycles. The third-order valence-corrected chi connectivity index (χ3v) is 9.23. The number of anilines is 2. The molecular formula is C33H36Cl4N4O3. The summed E-state index contributed by atoms with van der Waals surface area (Å²) in [4.78, 5) is 30.2. The Morgan fingerprint density at radius 1 is 0.932 bits per heavy atom.